The summed E-state index contributed by atoms with van der Waals surface area (Å²) in [6.07, 6.45) is 1.49. The van der Waals surface area contributed by atoms with Crippen LogP contribution in [-0.4, -0.2) is 19.1 Å². The van der Waals surface area contributed by atoms with Gasteiger partial charge in [-0.1, -0.05) is 6.07 Å². The summed E-state index contributed by atoms with van der Waals surface area (Å²) >= 11 is 0. The molecule has 2 aromatic rings. The molecule has 5 heteroatoms. The molecule has 17 heavy (non-hydrogen) atoms. The van der Waals surface area contributed by atoms with E-state index in [1.54, 1.807) is 19.2 Å². The highest BCUT2D eigenvalue weighted by Crippen LogP contribution is 2.32. The highest BCUT2D eigenvalue weighted by atomic mass is 19.1. The molecule has 2 rings (SSSR count). The van der Waals surface area contributed by atoms with Crippen molar-refractivity contribution in [3.05, 3.63) is 36.1 Å². The summed E-state index contributed by atoms with van der Waals surface area (Å²) in [4.78, 5) is 4.05. The maximum absolute atomic E-state index is 13.7. The van der Waals surface area contributed by atoms with Crippen LogP contribution < -0.4 is 10.1 Å². The summed E-state index contributed by atoms with van der Waals surface area (Å²) in [6, 6.07) is 4.62. The minimum atomic E-state index is -0.392. The summed E-state index contributed by atoms with van der Waals surface area (Å²) < 4.78 is 24.3. The van der Waals surface area contributed by atoms with Crippen LogP contribution in [0.1, 0.15) is 5.89 Å². The van der Waals surface area contributed by atoms with Crippen LogP contribution in [0, 0.1) is 5.82 Å². The standard InChI is InChI=1S/C12H13FN2O2/c1-14-7-11-15-6-10(17-11)12-8(13)4-3-5-9(12)16-2/h3-6,14H,7H2,1-2H3. The zero-order valence-electron chi connectivity index (χ0n) is 9.66. The van der Waals surface area contributed by atoms with Crippen molar-refractivity contribution in [1.29, 1.82) is 0 Å². The van der Waals surface area contributed by atoms with Crippen LogP contribution in [0.25, 0.3) is 11.3 Å². The quantitative estimate of drug-likeness (QED) is 0.884. The van der Waals surface area contributed by atoms with Crippen molar-refractivity contribution in [3.63, 3.8) is 0 Å². The second-order valence-corrected chi connectivity index (χ2v) is 3.47. The second kappa shape index (κ2) is 4.97. The molecule has 0 aliphatic rings. The van der Waals surface area contributed by atoms with Crippen LogP contribution in [0.15, 0.2) is 28.8 Å². The molecule has 0 fully saturated rings. The Hall–Kier alpha value is -1.88. The van der Waals surface area contributed by atoms with Gasteiger partial charge in [-0.2, -0.15) is 0 Å². The van der Waals surface area contributed by atoms with Crippen LogP contribution in [-0.2, 0) is 6.54 Å². The average Bonchev–Trinajstić information content (AvgIpc) is 2.77. The Morgan fingerprint density at radius 2 is 2.29 bits per heavy atom. The first kappa shape index (κ1) is 11.6. The normalized spacial score (nSPS) is 10.5. The van der Waals surface area contributed by atoms with Gasteiger partial charge in [0.2, 0.25) is 5.89 Å². The molecule has 0 atom stereocenters. The summed E-state index contributed by atoms with van der Waals surface area (Å²) in [5, 5.41) is 2.91. The van der Waals surface area contributed by atoms with Crippen molar-refractivity contribution < 1.29 is 13.5 Å². The van der Waals surface area contributed by atoms with Gasteiger partial charge in [0, 0.05) is 0 Å². The number of nitrogens with one attached hydrogen (secondary N) is 1. The topological polar surface area (TPSA) is 47.3 Å². The number of ether oxygens (including phenoxy) is 1. The number of benzene rings is 1. The molecule has 1 N–H and O–H groups in total. The third-order valence-electron chi connectivity index (χ3n) is 2.32. The molecule has 0 unspecified atom stereocenters. The van der Waals surface area contributed by atoms with E-state index in [0.717, 1.165) is 0 Å². The summed E-state index contributed by atoms with van der Waals surface area (Å²) in [5.41, 5.74) is 0.296. The number of halogens is 1. The number of oxazole rings is 1. The van der Waals surface area contributed by atoms with Gasteiger partial charge in [-0.3, -0.25) is 0 Å². The lowest BCUT2D eigenvalue weighted by atomic mass is 10.1. The largest absolute Gasteiger partial charge is 0.496 e. The fourth-order valence-corrected chi connectivity index (χ4v) is 1.57. The zero-order chi connectivity index (χ0) is 12.3. The SMILES string of the molecule is CNCc1ncc(-c2c(F)cccc2OC)o1. The van der Waals surface area contributed by atoms with Gasteiger partial charge in [0.25, 0.3) is 0 Å². The number of methoxy groups -OCH3 is 1. The van der Waals surface area contributed by atoms with Crippen molar-refractivity contribution in [3.8, 4) is 17.1 Å². The van der Waals surface area contributed by atoms with Crippen molar-refractivity contribution in [2.45, 2.75) is 6.54 Å². The Labute approximate surface area is 98.4 Å². The molecule has 0 bridgehead atoms. The smallest absolute Gasteiger partial charge is 0.208 e. The first-order valence-electron chi connectivity index (χ1n) is 5.18. The summed E-state index contributed by atoms with van der Waals surface area (Å²) in [6.45, 7) is 0.497. The first-order chi connectivity index (χ1) is 8.26. The predicted molar refractivity (Wildman–Crippen MR) is 61.2 cm³/mol. The minimum absolute atomic E-state index is 0.296. The van der Waals surface area contributed by atoms with Gasteiger partial charge < -0.3 is 14.5 Å². The fourth-order valence-electron chi connectivity index (χ4n) is 1.57. The van der Waals surface area contributed by atoms with E-state index in [2.05, 4.69) is 10.3 Å². The molecule has 1 aromatic carbocycles. The number of hydrogen-bond donors (Lipinski definition) is 1. The monoisotopic (exact) mass is 236 g/mol. The molecule has 1 aromatic heterocycles. The maximum atomic E-state index is 13.7. The Morgan fingerprint density at radius 3 is 3.00 bits per heavy atom. The Bertz CT molecular complexity index is 511. The van der Waals surface area contributed by atoms with Gasteiger partial charge in [-0.25, -0.2) is 9.37 Å². The van der Waals surface area contributed by atoms with Crippen molar-refractivity contribution >= 4 is 0 Å². The van der Waals surface area contributed by atoms with E-state index in [1.807, 2.05) is 0 Å². The van der Waals surface area contributed by atoms with E-state index >= 15 is 0 Å². The van der Waals surface area contributed by atoms with Gasteiger partial charge in [0.15, 0.2) is 5.76 Å². The molecule has 0 spiro atoms. The van der Waals surface area contributed by atoms with Crippen LogP contribution in [0.3, 0.4) is 0 Å². The van der Waals surface area contributed by atoms with Gasteiger partial charge >= 0.3 is 0 Å². The highest BCUT2D eigenvalue weighted by molar-refractivity contribution is 5.65. The lowest BCUT2D eigenvalue weighted by Gasteiger charge is -2.06. The van der Waals surface area contributed by atoms with Crippen molar-refractivity contribution in [2.75, 3.05) is 14.2 Å². The van der Waals surface area contributed by atoms with E-state index < -0.39 is 5.82 Å². The predicted octanol–water partition coefficient (Wildman–Crippen LogP) is 2.21. The van der Waals surface area contributed by atoms with Gasteiger partial charge in [-0.05, 0) is 19.2 Å². The molecule has 90 valence electrons. The molecular weight excluding hydrogens is 223 g/mol. The van der Waals surface area contributed by atoms with E-state index in [1.165, 1.54) is 19.4 Å². The Balaban J connectivity index is 2.44. The number of hydrogen-bond acceptors (Lipinski definition) is 4. The molecule has 0 aliphatic heterocycles. The van der Waals surface area contributed by atoms with Crippen LogP contribution in [0.4, 0.5) is 4.39 Å². The first-order valence-corrected chi connectivity index (χ1v) is 5.18. The van der Waals surface area contributed by atoms with Gasteiger partial charge in [0.1, 0.15) is 11.6 Å². The van der Waals surface area contributed by atoms with E-state index in [4.69, 9.17) is 9.15 Å². The molecule has 0 aliphatic carbocycles. The van der Waals surface area contributed by atoms with Crippen LogP contribution in [0.2, 0.25) is 0 Å². The van der Waals surface area contributed by atoms with E-state index in [9.17, 15) is 4.39 Å². The maximum Gasteiger partial charge on any atom is 0.208 e. The van der Waals surface area contributed by atoms with Crippen LogP contribution >= 0.6 is 0 Å². The highest BCUT2D eigenvalue weighted by Gasteiger charge is 2.15. The molecule has 1 heterocycles. The minimum Gasteiger partial charge on any atom is -0.496 e. The Kier molecular flexibility index (Phi) is 3.39. The van der Waals surface area contributed by atoms with Gasteiger partial charge in [0.05, 0.1) is 25.4 Å². The molecule has 0 radical (unpaired) electrons. The third-order valence-corrected chi connectivity index (χ3v) is 2.32. The summed E-state index contributed by atoms with van der Waals surface area (Å²) in [5.74, 6) is 0.909. The van der Waals surface area contributed by atoms with Crippen LogP contribution in [0.5, 0.6) is 5.75 Å². The molecule has 0 saturated carbocycles. The van der Waals surface area contributed by atoms with Gasteiger partial charge in [-0.15, -0.1) is 0 Å². The zero-order valence-corrected chi connectivity index (χ0v) is 9.66. The third kappa shape index (κ3) is 2.29. The van der Waals surface area contributed by atoms with Crippen molar-refractivity contribution in [2.24, 2.45) is 0 Å². The molecule has 4 nitrogen and oxygen atoms in total. The number of aromatic nitrogens is 1. The molecule has 0 amide bonds. The molecular formula is C12H13FN2O2. The summed E-state index contributed by atoms with van der Waals surface area (Å²) in [7, 11) is 3.27. The fraction of sp³-hybridized carbons (Fsp3) is 0.250. The van der Waals surface area contributed by atoms with Crippen molar-refractivity contribution in [1.82, 2.24) is 10.3 Å². The lowest BCUT2D eigenvalue weighted by Crippen LogP contribution is -2.04. The van der Waals surface area contributed by atoms with E-state index in [0.29, 0.717) is 29.5 Å². The second-order valence-electron chi connectivity index (χ2n) is 3.47. The number of rotatable bonds is 4. The lowest BCUT2D eigenvalue weighted by molar-refractivity contribution is 0.409. The average molecular weight is 236 g/mol. The Morgan fingerprint density at radius 1 is 1.47 bits per heavy atom. The van der Waals surface area contributed by atoms with E-state index in [-0.39, 0.29) is 0 Å². The number of nitrogens with zero attached hydrogens (tertiary/aromatic N) is 1. The molecule has 0 saturated heterocycles.